The molecule has 0 saturated heterocycles. The second kappa shape index (κ2) is 9.05. The third-order valence-electron chi connectivity index (χ3n) is 7.93. The first kappa shape index (κ1) is 23.9. The largest absolute Gasteiger partial charge is 0.437 e. The maximum absolute atomic E-state index is 14.8. The summed E-state index contributed by atoms with van der Waals surface area (Å²) in [5, 5.41) is 5.68. The van der Waals surface area contributed by atoms with Crippen LogP contribution in [-0.2, 0) is 4.57 Å². The summed E-state index contributed by atoms with van der Waals surface area (Å²) in [6.45, 7) is 2.08. The molecular weight excluding hydrogens is 523 g/mol. The van der Waals surface area contributed by atoms with Gasteiger partial charge in [-0.25, -0.2) is 4.98 Å². The molecule has 0 spiro atoms. The summed E-state index contributed by atoms with van der Waals surface area (Å²) in [6, 6.07) is 42.5. The van der Waals surface area contributed by atoms with Crippen molar-refractivity contribution in [2.24, 2.45) is 0 Å². The number of aromatic nitrogens is 2. The van der Waals surface area contributed by atoms with Gasteiger partial charge in [-0.15, -0.1) is 0 Å². The molecule has 0 fully saturated rings. The van der Waals surface area contributed by atoms with E-state index in [1.807, 2.05) is 83.3 Å². The van der Waals surface area contributed by atoms with E-state index in [1.165, 1.54) is 5.56 Å². The van der Waals surface area contributed by atoms with Crippen LogP contribution < -0.4 is 15.9 Å². The molecule has 0 saturated carbocycles. The average Bonchev–Trinajstić information content (AvgIpc) is 3.56. The van der Waals surface area contributed by atoms with Gasteiger partial charge in [-0.2, -0.15) is 0 Å². The number of hydrogen-bond donors (Lipinski definition) is 0. The monoisotopic (exact) mass is 548 g/mol. The number of nitrogens with zero attached hydrogens (tertiary/aromatic N) is 2. The third-order valence-corrected chi connectivity index (χ3v) is 11.0. The Labute approximate surface area is 236 Å². The molecule has 41 heavy (non-hydrogen) atoms. The van der Waals surface area contributed by atoms with Crippen LogP contribution in [0, 0.1) is 6.92 Å². The molecule has 3 aromatic heterocycles. The van der Waals surface area contributed by atoms with Crippen molar-refractivity contribution in [3.63, 3.8) is 0 Å². The van der Waals surface area contributed by atoms with Crippen molar-refractivity contribution in [2.75, 3.05) is 0 Å². The topological polar surface area (TPSA) is 47.5 Å². The quantitative estimate of drug-likeness (QED) is 0.209. The van der Waals surface area contributed by atoms with E-state index in [0.29, 0.717) is 0 Å². The van der Waals surface area contributed by atoms with Gasteiger partial charge in [0.25, 0.3) is 0 Å². The minimum atomic E-state index is -3.03. The van der Waals surface area contributed by atoms with Gasteiger partial charge in [0.2, 0.25) is 5.71 Å². The van der Waals surface area contributed by atoms with E-state index in [9.17, 15) is 4.57 Å². The summed E-state index contributed by atoms with van der Waals surface area (Å²) < 4.78 is 23.1. The first-order chi connectivity index (χ1) is 20.1. The Morgan fingerprint density at radius 3 is 2.10 bits per heavy atom. The van der Waals surface area contributed by atoms with Gasteiger partial charge in [-0.1, -0.05) is 96.6 Å². The van der Waals surface area contributed by atoms with Gasteiger partial charge < -0.3 is 8.98 Å². The summed E-state index contributed by atoms with van der Waals surface area (Å²) in [4.78, 5) is 4.85. The standard InChI is InChI=1S/C36H25N2O2P/c1-24-12-18-33-32(20-24)35-36(40-33)38-23-28(16-19-34(38)37-35)26-13-14-27-22-31(17-15-25(27)21-26)41(39,29-8-4-2-5-9-29)30-10-6-3-7-11-30/h2-23H,1H3. The number of furan rings is 1. The van der Waals surface area contributed by atoms with Crippen molar-refractivity contribution in [1.29, 1.82) is 0 Å². The van der Waals surface area contributed by atoms with E-state index in [4.69, 9.17) is 9.40 Å². The van der Waals surface area contributed by atoms with Crippen molar-refractivity contribution in [1.82, 2.24) is 9.38 Å². The van der Waals surface area contributed by atoms with Crippen LogP contribution in [0.15, 0.2) is 138 Å². The molecule has 5 aromatic carbocycles. The van der Waals surface area contributed by atoms with Crippen LogP contribution in [0.4, 0.5) is 0 Å². The molecule has 3 heterocycles. The molecule has 0 aliphatic carbocycles. The number of benzene rings is 5. The molecule has 0 radical (unpaired) electrons. The fourth-order valence-electron chi connectivity index (χ4n) is 5.82. The van der Waals surface area contributed by atoms with Crippen LogP contribution in [0.2, 0.25) is 0 Å². The maximum atomic E-state index is 14.8. The van der Waals surface area contributed by atoms with Crippen molar-refractivity contribution in [3.8, 4) is 11.1 Å². The summed E-state index contributed by atoms with van der Waals surface area (Å²) in [5.74, 6) is 0. The molecule has 4 nitrogen and oxygen atoms in total. The molecule has 5 heteroatoms. The predicted molar refractivity (Wildman–Crippen MR) is 170 cm³/mol. The molecule has 196 valence electrons. The lowest BCUT2D eigenvalue weighted by Gasteiger charge is -2.20. The van der Waals surface area contributed by atoms with Crippen LogP contribution in [0.25, 0.3) is 49.7 Å². The van der Waals surface area contributed by atoms with Gasteiger partial charge in [-0.3, -0.25) is 4.40 Å². The number of fused-ring (bicyclic) bond motifs is 6. The van der Waals surface area contributed by atoms with Gasteiger partial charge in [-0.05, 0) is 65.2 Å². The molecule has 8 aromatic rings. The smallest absolute Gasteiger partial charge is 0.232 e. The Kier molecular flexibility index (Phi) is 5.28. The number of hydrogen-bond acceptors (Lipinski definition) is 3. The molecule has 0 atom stereocenters. The SMILES string of the molecule is Cc1ccc2oc3c(nc4ccc(-c5ccc6cc(P(=O)(c7ccccc7)c7ccccc7)ccc6c5)cn43)c2c1. The summed E-state index contributed by atoms with van der Waals surface area (Å²) in [6.07, 6.45) is 2.09. The van der Waals surface area contributed by atoms with Crippen LogP contribution in [0.3, 0.4) is 0 Å². The van der Waals surface area contributed by atoms with Crippen LogP contribution >= 0.6 is 7.14 Å². The highest BCUT2D eigenvalue weighted by Gasteiger charge is 2.29. The van der Waals surface area contributed by atoms with Crippen molar-refractivity contribution >= 4 is 61.7 Å². The van der Waals surface area contributed by atoms with Crippen LogP contribution in [-0.4, -0.2) is 9.38 Å². The molecule has 0 amide bonds. The van der Waals surface area contributed by atoms with E-state index in [0.717, 1.165) is 65.7 Å². The number of imidazole rings is 1. The van der Waals surface area contributed by atoms with E-state index >= 15 is 0 Å². The normalized spacial score (nSPS) is 12.1. The Hall–Kier alpha value is -4.92. The Morgan fingerprint density at radius 1 is 0.659 bits per heavy atom. The minimum absolute atomic E-state index is 0.755. The highest BCUT2D eigenvalue weighted by molar-refractivity contribution is 7.85. The van der Waals surface area contributed by atoms with Crippen LogP contribution in [0.5, 0.6) is 0 Å². The maximum Gasteiger partial charge on any atom is 0.232 e. The molecule has 0 aliphatic heterocycles. The highest BCUT2D eigenvalue weighted by Crippen LogP contribution is 2.43. The summed E-state index contributed by atoms with van der Waals surface area (Å²) in [7, 11) is -3.03. The first-order valence-electron chi connectivity index (χ1n) is 13.6. The molecule has 0 N–H and O–H groups in total. The van der Waals surface area contributed by atoms with Gasteiger partial charge in [0.05, 0.1) is 0 Å². The number of aryl methyl sites for hydroxylation is 1. The lowest BCUT2D eigenvalue weighted by molar-refractivity contribution is 0.592. The first-order valence-corrected chi connectivity index (χ1v) is 15.4. The number of pyridine rings is 1. The van der Waals surface area contributed by atoms with E-state index in [1.54, 1.807) is 0 Å². The third kappa shape index (κ3) is 3.76. The molecular formula is C36H25N2O2P. The zero-order chi connectivity index (χ0) is 27.6. The van der Waals surface area contributed by atoms with Crippen molar-refractivity contribution < 1.29 is 8.98 Å². The molecule has 0 bridgehead atoms. The van der Waals surface area contributed by atoms with Gasteiger partial charge in [0, 0.05) is 27.5 Å². The number of rotatable bonds is 4. The lowest BCUT2D eigenvalue weighted by atomic mass is 10.0. The minimum Gasteiger partial charge on any atom is -0.437 e. The lowest BCUT2D eigenvalue weighted by Crippen LogP contribution is -2.24. The van der Waals surface area contributed by atoms with E-state index in [2.05, 4.69) is 61.7 Å². The second-order valence-corrected chi connectivity index (χ2v) is 13.3. The second-order valence-electron chi connectivity index (χ2n) is 10.5. The summed E-state index contributed by atoms with van der Waals surface area (Å²) in [5.41, 5.74) is 6.68. The molecule has 0 unspecified atom stereocenters. The summed E-state index contributed by atoms with van der Waals surface area (Å²) >= 11 is 0. The average molecular weight is 549 g/mol. The predicted octanol–water partition coefficient (Wildman–Crippen LogP) is 8.00. The molecule has 8 rings (SSSR count). The zero-order valence-corrected chi connectivity index (χ0v) is 23.3. The van der Waals surface area contributed by atoms with Crippen LogP contribution in [0.1, 0.15) is 5.56 Å². The van der Waals surface area contributed by atoms with E-state index < -0.39 is 7.14 Å². The van der Waals surface area contributed by atoms with Crippen molar-refractivity contribution in [3.05, 3.63) is 139 Å². The fourth-order valence-corrected chi connectivity index (χ4v) is 8.50. The Morgan fingerprint density at radius 2 is 1.34 bits per heavy atom. The Bertz CT molecular complexity index is 2260. The molecule has 0 aliphatic rings. The van der Waals surface area contributed by atoms with Gasteiger partial charge in [0.1, 0.15) is 16.7 Å². The fraction of sp³-hybridized carbons (Fsp3) is 0.0278. The highest BCUT2D eigenvalue weighted by atomic mass is 31.2. The van der Waals surface area contributed by atoms with Gasteiger partial charge >= 0.3 is 0 Å². The van der Waals surface area contributed by atoms with Gasteiger partial charge in [0.15, 0.2) is 7.14 Å². The Balaban J connectivity index is 1.23. The zero-order valence-electron chi connectivity index (χ0n) is 22.4. The van der Waals surface area contributed by atoms with E-state index in [-0.39, 0.29) is 0 Å². The van der Waals surface area contributed by atoms with Crippen molar-refractivity contribution in [2.45, 2.75) is 6.92 Å².